The van der Waals surface area contributed by atoms with E-state index in [0.717, 1.165) is 18.7 Å². The van der Waals surface area contributed by atoms with Crippen LogP contribution in [0.1, 0.15) is 31.4 Å². The molecule has 24 heavy (non-hydrogen) atoms. The van der Waals surface area contributed by atoms with Gasteiger partial charge in [0.1, 0.15) is 12.4 Å². The molecule has 1 N–H and O–H groups in total. The Labute approximate surface area is 142 Å². The highest BCUT2D eigenvalue weighted by atomic mass is 16.2. The Balaban J connectivity index is 1.63. The summed E-state index contributed by atoms with van der Waals surface area (Å²) >= 11 is 0. The van der Waals surface area contributed by atoms with E-state index in [-0.39, 0.29) is 5.91 Å². The van der Waals surface area contributed by atoms with Crippen molar-refractivity contribution in [2.24, 2.45) is 0 Å². The van der Waals surface area contributed by atoms with Crippen LogP contribution in [0.4, 0.5) is 0 Å². The number of likely N-dealkylation sites (tertiary alicyclic amines) is 1. The van der Waals surface area contributed by atoms with E-state index < -0.39 is 6.04 Å². The lowest BCUT2D eigenvalue weighted by Gasteiger charge is -2.25. The molecule has 7 heteroatoms. The predicted molar refractivity (Wildman–Crippen MR) is 90.3 cm³/mol. The van der Waals surface area contributed by atoms with Gasteiger partial charge in [0.15, 0.2) is 0 Å². The topological polar surface area (TPSA) is 75.9 Å². The zero-order valence-electron chi connectivity index (χ0n) is 14.0. The molecule has 2 aromatic rings. The van der Waals surface area contributed by atoms with Gasteiger partial charge in [-0.1, -0.05) is 30.3 Å². The molecule has 1 amide bonds. The minimum absolute atomic E-state index is 0.0443. The molecule has 0 spiro atoms. The molecule has 128 valence electrons. The third-order valence-electron chi connectivity index (χ3n) is 4.59. The lowest BCUT2D eigenvalue weighted by molar-refractivity contribution is -0.124. The molecule has 0 aliphatic carbocycles. The molecule has 3 rings (SSSR count). The van der Waals surface area contributed by atoms with Crippen LogP contribution in [0.15, 0.2) is 36.7 Å². The van der Waals surface area contributed by atoms with Crippen LogP contribution >= 0.6 is 0 Å². The third-order valence-corrected chi connectivity index (χ3v) is 4.59. The summed E-state index contributed by atoms with van der Waals surface area (Å²) in [4.78, 5) is 15.1. The number of nitrogens with zero attached hydrogens (tertiary/aromatic N) is 5. The number of benzene rings is 1. The van der Waals surface area contributed by atoms with Crippen molar-refractivity contribution >= 4 is 5.91 Å². The van der Waals surface area contributed by atoms with Crippen LogP contribution in [0.3, 0.4) is 0 Å². The molecule has 0 saturated carbocycles. The molecule has 1 aromatic heterocycles. The lowest BCUT2D eigenvalue weighted by atomic mass is 10.1. The summed E-state index contributed by atoms with van der Waals surface area (Å²) in [5.74, 6) is -0.0443. The monoisotopic (exact) mass is 328 g/mol. The Bertz CT molecular complexity index is 624. The average molecular weight is 328 g/mol. The van der Waals surface area contributed by atoms with Gasteiger partial charge in [-0.2, -0.15) is 0 Å². The van der Waals surface area contributed by atoms with Gasteiger partial charge >= 0.3 is 0 Å². The molecule has 1 aromatic carbocycles. The molecular weight excluding hydrogens is 304 g/mol. The van der Waals surface area contributed by atoms with Crippen molar-refractivity contribution in [1.29, 1.82) is 0 Å². The van der Waals surface area contributed by atoms with Gasteiger partial charge in [-0.05, 0) is 48.8 Å². The number of hydrogen-bond donors (Lipinski definition) is 1. The number of rotatable bonds is 7. The molecule has 1 fully saturated rings. The quantitative estimate of drug-likeness (QED) is 0.822. The van der Waals surface area contributed by atoms with Crippen LogP contribution < -0.4 is 5.32 Å². The van der Waals surface area contributed by atoms with Gasteiger partial charge in [0.05, 0.1) is 0 Å². The Morgan fingerprint density at radius 2 is 2.00 bits per heavy atom. The number of aromatic nitrogens is 4. The fraction of sp³-hybridized carbons (Fsp3) is 0.529. The molecule has 0 radical (unpaired) electrons. The lowest BCUT2D eigenvalue weighted by Crippen LogP contribution is -2.43. The van der Waals surface area contributed by atoms with Gasteiger partial charge in [-0.3, -0.25) is 9.69 Å². The molecule has 0 unspecified atom stereocenters. The minimum atomic E-state index is -0.437. The van der Waals surface area contributed by atoms with E-state index >= 15 is 0 Å². The van der Waals surface area contributed by atoms with Gasteiger partial charge in [-0.25, -0.2) is 4.68 Å². The second-order valence-electron chi connectivity index (χ2n) is 6.33. The van der Waals surface area contributed by atoms with Gasteiger partial charge in [0.25, 0.3) is 0 Å². The van der Waals surface area contributed by atoms with E-state index in [1.807, 2.05) is 30.3 Å². The maximum atomic E-state index is 12.7. The predicted octanol–water partition coefficient (Wildman–Crippen LogP) is 1.06. The smallest absolute Gasteiger partial charge is 0.245 e. The standard InChI is InChI=1S/C17H24N6O/c1-14(22-9-5-6-10-22)12-18-17(24)16(23-13-19-20-21-23)11-15-7-3-2-4-8-15/h2-4,7-8,13-14,16H,5-6,9-12H2,1H3,(H,18,24)/t14-,16+/m0/s1. The first-order valence-electron chi connectivity index (χ1n) is 8.52. The second kappa shape index (κ2) is 8.01. The molecular formula is C17H24N6O. The first-order chi connectivity index (χ1) is 11.7. The van der Waals surface area contributed by atoms with E-state index in [1.54, 1.807) is 0 Å². The SMILES string of the molecule is C[C@@H](CNC(=O)[C@@H](Cc1ccccc1)n1cnnn1)N1CCCC1. The summed E-state index contributed by atoms with van der Waals surface area (Å²) in [5, 5.41) is 14.3. The second-order valence-corrected chi connectivity index (χ2v) is 6.33. The van der Waals surface area contributed by atoms with Gasteiger partial charge in [0, 0.05) is 19.0 Å². The molecule has 1 aliphatic heterocycles. The summed E-state index contributed by atoms with van der Waals surface area (Å²) in [6, 6.07) is 9.84. The largest absolute Gasteiger partial charge is 0.353 e. The Kier molecular flexibility index (Phi) is 5.53. The van der Waals surface area contributed by atoms with Crippen LogP contribution in [-0.4, -0.2) is 56.7 Å². The molecule has 1 aliphatic rings. The first-order valence-corrected chi connectivity index (χ1v) is 8.52. The van der Waals surface area contributed by atoms with E-state index in [9.17, 15) is 4.79 Å². The first kappa shape index (κ1) is 16.6. The van der Waals surface area contributed by atoms with Crippen LogP contribution in [0.25, 0.3) is 0 Å². The molecule has 1 saturated heterocycles. The van der Waals surface area contributed by atoms with E-state index in [1.165, 1.54) is 23.9 Å². The highest BCUT2D eigenvalue weighted by molar-refractivity contribution is 5.80. The van der Waals surface area contributed by atoms with Crippen molar-refractivity contribution in [1.82, 2.24) is 30.4 Å². The molecule has 0 bridgehead atoms. The number of tetrazole rings is 1. The minimum Gasteiger partial charge on any atom is -0.353 e. The van der Waals surface area contributed by atoms with Crippen molar-refractivity contribution in [3.63, 3.8) is 0 Å². The van der Waals surface area contributed by atoms with Crippen LogP contribution in [0.2, 0.25) is 0 Å². The zero-order chi connectivity index (χ0) is 16.8. The van der Waals surface area contributed by atoms with Crippen molar-refractivity contribution in [3.8, 4) is 0 Å². The highest BCUT2D eigenvalue weighted by Crippen LogP contribution is 2.14. The van der Waals surface area contributed by atoms with Crippen molar-refractivity contribution in [3.05, 3.63) is 42.2 Å². The number of hydrogen-bond acceptors (Lipinski definition) is 5. The van der Waals surface area contributed by atoms with Crippen molar-refractivity contribution in [2.45, 2.75) is 38.3 Å². The Morgan fingerprint density at radius 1 is 1.25 bits per heavy atom. The van der Waals surface area contributed by atoms with Crippen LogP contribution in [-0.2, 0) is 11.2 Å². The molecule has 2 atom stereocenters. The number of nitrogens with one attached hydrogen (secondary N) is 1. The van der Waals surface area contributed by atoms with E-state index in [0.29, 0.717) is 19.0 Å². The maximum Gasteiger partial charge on any atom is 0.245 e. The van der Waals surface area contributed by atoms with Crippen molar-refractivity contribution < 1.29 is 4.79 Å². The summed E-state index contributed by atoms with van der Waals surface area (Å²) in [7, 11) is 0. The summed E-state index contributed by atoms with van der Waals surface area (Å²) in [6.45, 7) is 5.05. The van der Waals surface area contributed by atoms with Gasteiger partial charge < -0.3 is 5.32 Å². The van der Waals surface area contributed by atoms with Crippen LogP contribution in [0, 0.1) is 0 Å². The van der Waals surface area contributed by atoms with E-state index in [2.05, 4.69) is 32.7 Å². The Morgan fingerprint density at radius 3 is 2.67 bits per heavy atom. The number of amides is 1. The van der Waals surface area contributed by atoms with Crippen LogP contribution in [0.5, 0.6) is 0 Å². The van der Waals surface area contributed by atoms with E-state index in [4.69, 9.17) is 0 Å². The van der Waals surface area contributed by atoms with Gasteiger partial charge in [-0.15, -0.1) is 5.10 Å². The van der Waals surface area contributed by atoms with Crippen molar-refractivity contribution in [2.75, 3.05) is 19.6 Å². The Hall–Kier alpha value is -2.28. The fourth-order valence-electron chi connectivity index (χ4n) is 3.13. The van der Waals surface area contributed by atoms with Gasteiger partial charge in [0.2, 0.25) is 5.91 Å². The maximum absolute atomic E-state index is 12.7. The summed E-state index contributed by atoms with van der Waals surface area (Å²) in [5.41, 5.74) is 1.08. The average Bonchev–Trinajstić information content (AvgIpc) is 3.31. The zero-order valence-corrected chi connectivity index (χ0v) is 14.0. The number of carbonyl (C=O) groups is 1. The summed E-state index contributed by atoms with van der Waals surface area (Å²) in [6.07, 6.45) is 4.56. The third kappa shape index (κ3) is 4.17. The molecule has 7 nitrogen and oxygen atoms in total. The fourth-order valence-corrected chi connectivity index (χ4v) is 3.13. The highest BCUT2D eigenvalue weighted by Gasteiger charge is 2.24. The normalized spacial score (nSPS) is 17.5. The molecule has 2 heterocycles. The number of carbonyl (C=O) groups excluding carboxylic acids is 1. The summed E-state index contributed by atoms with van der Waals surface area (Å²) < 4.78 is 1.53.